The van der Waals surface area contributed by atoms with Crippen molar-refractivity contribution in [2.45, 2.75) is 12.5 Å². The van der Waals surface area contributed by atoms with Gasteiger partial charge in [0, 0.05) is 19.1 Å². The summed E-state index contributed by atoms with van der Waals surface area (Å²) in [7, 11) is -2.97. The van der Waals surface area contributed by atoms with Crippen LogP contribution in [-0.4, -0.2) is 68.1 Å². The predicted molar refractivity (Wildman–Crippen MR) is 68.9 cm³/mol. The van der Waals surface area contributed by atoms with Gasteiger partial charge in [-0.3, -0.25) is 9.69 Å². The van der Waals surface area contributed by atoms with Crippen LogP contribution >= 0.6 is 0 Å². The smallest absolute Gasteiger partial charge is 0.234 e. The average molecular weight is 276 g/mol. The zero-order chi connectivity index (χ0) is 13.6. The molecule has 0 radical (unpaired) electrons. The Morgan fingerprint density at radius 1 is 1.56 bits per heavy atom. The Labute approximate surface area is 108 Å². The van der Waals surface area contributed by atoms with Crippen molar-refractivity contribution in [1.82, 2.24) is 10.2 Å². The Balaban J connectivity index is 2.38. The number of aliphatic hydroxyl groups is 1. The van der Waals surface area contributed by atoms with E-state index in [9.17, 15) is 13.2 Å². The van der Waals surface area contributed by atoms with Gasteiger partial charge in [-0.1, -0.05) is 6.08 Å². The largest absolute Gasteiger partial charge is 0.395 e. The van der Waals surface area contributed by atoms with Crippen molar-refractivity contribution in [3.63, 3.8) is 0 Å². The molecule has 1 atom stereocenters. The molecule has 1 unspecified atom stereocenters. The minimum absolute atomic E-state index is 0.0280. The first-order valence-corrected chi connectivity index (χ1v) is 7.73. The van der Waals surface area contributed by atoms with E-state index < -0.39 is 9.84 Å². The Hall–Kier alpha value is -0.920. The zero-order valence-corrected chi connectivity index (χ0v) is 11.2. The number of nitrogens with zero attached hydrogens (tertiary/aromatic N) is 1. The fourth-order valence-corrected chi connectivity index (χ4v) is 3.62. The maximum absolute atomic E-state index is 11.7. The third-order valence-corrected chi connectivity index (χ3v) is 4.54. The molecule has 18 heavy (non-hydrogen) atoms. The van der Waals surface area contributed by atoms with Gasteiger partial charge >= 0.3 is 0 Å². The normalized spacial score (nSPS) is 22.0. The van der Waals surface area contributed by atoms with Crippen LogP contribution in [0.4, 0.5) is 0 Å². The molecule has 2 N–H and O–H groups in total. The highest BCUT2D eigenvalue weighted by Crippen LogP contribution is 2.10. The summed E-state index contributed by atoms with van der Waals surface area (Å²) in [5.74, 6) is -0.0436. The van der Waals surface area contributed by atoms with Crippen molar-refractivity contribution < 1.29 is 18.3 Å². The molecule has 1 rings (SSSR count). The molecule has 0 spiro atoms. The van der Waals surface area contributed by atoms with Crippen molar-refractivity contribution in [2.75, 3.05) is 37.7 Å². The van der Waals surface area contributed by atoms with E-state index in [1.54, 1.807) is 11.0 Å². The van der Waals surface area contributed by atoms with Crippen LogP contribution in [0.1, 0.15) is 6.42 Å². The molecule has 104 valence electrons. The molecule has 6 nitrogen and oxygen atoms in total. The fourth-order valence-electron chi connectivity index (χ4n) is 1.94. The highest BCUT2D eigenvalue weighted by atomic mass is 32.2. The second-order valence-corrected chi connectivity index (χ2v) is 6.64. The number of hydrogen-bond donors (Lipinski definition) is 2. The Morgan fingerprint density at radius 2 is 2.28 bits per heavy atom. The molecule has 1 saturated heterocycles. The second kappa shape index (κ2) is 6.86. The molecule has 0 aromatic carbocycles. The monoisotopic (exact) mass is 276 g/mol. The minimum atomic E-state index is -2.97. The molecule has 1 fully saturated rings. The SMILES string of the molecule is C=CCN(CCO)CC(=O)NC1CCS(=O)(=O)C1. The topological polar surface area (TPSA) is 86.7 Å². The summed E-state index contributed by atoms with van der Waals surface area (Å²) in [5.41, 5.74) is 0. The van der Waals surface area contributed by atoms with Gasteiger partial charge in [-0.2, -0.15) is 0 Å². The summed E-state index contributed by atoms with van der Waals surface area (Å²) in [6, 6.07) is -0.276. The highest BCUT2D eigenvalue weighted by Gasteiger charge is 2.29. The molecule has 1 heterocycles. The van der Waals surface area contributed by atoms with Crippen LogP contribution < -0.4 is 5.32 Å². The van der Waals surface area contributed by atoms with Crippen molar-refractivity contribution in [3.8, 4) is 0 Å². The summed E-state index contributed by atoms with van der Waals surface area (Å²) in [4.78, 5) is 13.4. The molecule has 0 bridgehead atoms. The molecule has 0 aromatic heterocycles. The summed E-state index contributed by atoms with van der Waals surface area (Å²) < 4.78 is 22.5. The average Bonchev–Trinajstić information content (AvgIpc) is 2.58. The van der Waals surface area contributed by atoms with Crippen LogP contribution in [0.5, 0.6) is 0 Å². The van der Waals surface area contributed by atoms with Gasteiger partial charge in [0.15, 0.2) is 9.84 Å². The molecule has 1 aliphatic heterocycles. The lowest BCUT2D eigenvalue weighted by molar-refractivity contribution is -0.122. The summed E-state index contributed by atoms with van der Waals surface area (Å²) in [5, 5.41) is 11.5. The zero-order valence-electron chi connectivity index (χ0n) is 10.3. The van der Waals surface area contributed by atoms with Gasteiger partial charge in [0.05, 0.1) is 24.7 Å². The fraction of sp³-hybridized carbons (Fsp3) is 0.727. The van der Waals surface area contributed by atoms with Crippen LogP contribution in [0.3, 0.4) is 0 Å². The number of nitrogens with one attached hydrogen (secondary N) is 1. The molecule has 1 amide bonds. The summed E-state index contributed by atoms with van der Waals surface area (Å²) in [6.07, 6.45) is 2.14. The van der Waals surface area contributed by atoms with E-state index in [4.69, 9.17) is 5.11 Å². The number of rotatable bonds is 7. The van der Waals surface area contributed by atoms with Crippen LogP contribution in [-0.2, 0) is 14.6 Å². The molecule has 1 aliphatic rings. The van der Waals surface area contributed by atoms with Crippen molar-refractivity contribution >= 4 is 15.7 Å². The molecule has 0 aromatic rings. The molecule has 7 heteroatoms. The van der Waals surface area contributed by atoms with Gasteiger partial charge in [0.25, 0.3) is 0 Å². The van der Waals surface area contributed by atoms with Crippen LogP contribution in [0, 0.1) is 0 Å². The number of hydrogen-bond acceptors (Lipinski definition) is 5. The first-order chi connectivity index (χ1) is 8.46. The van der Waals surface area contributed by atoms with Crippen LogP contribution in [0.25, 0.3) is 0 Å². The quantitative estimate of drug-likeness (QED) is 0.569. The minimum Gasteiger partial charge on any atom is -0.395 e. The van der Waals surface area contributed by atoms with Gasteiger partial charge < -0.3 is 10.4 Å². The molecular formula is C11H20N2O4S. The number of carbonyl (C=O) groups is 1. The van der Waals surface area contributed by atoms with Gasteiger partial charge in [0.1, 0.15) is 0 Å². The van der Waals surface area contributed by atoms with E-state index in [-0.39, 0.29) is 36.6 Å². The van der Waals surface area contributed by atoms with Crippen molar-refractivity contribution in [3.05, 3.63) is 12.7 Å². The van der Waals surface area contributed by atoms with E-state index in [2.05, 4.69) is 11.9 Å². The maximum Gasteiger partial charge on any atom is 0.234 e. The van der Waals surface area contributed by atoms with Gasteiger partial charge in [-0.25, -0.2) is 8.42 Å². The first-order valence-electron chi connectivity index (χ1n) is 5.90. The number of aliphatic hydroxyl groups excluding tert-OH is 1. The van der Waals surface area contributed by atoms with E-state index in [1.165, 1.54) is 0 Å². The second-order valence-electron chi connectivity index (χ2n) is 4.41. The predicted octanol–water partition coefficient (Wildman–Crippen LogP) is -1.23. The Bertz CT molecular complexity index is 394. The maximum atomic E-state index is 11.7. The standard InChI is InChI=1S/C11H20N2O4S/c1-2-4-13(5-6-14)8-11(15)12-10-3-7-18(16,17)9-10/h2,10,14H,1,3-9H2,(H,12,15). The lowest BCUT2D eigenvalue weighted by Crippen LogP contribution is -2.43. The van der Waals surface area contributed by atoms with E-state index in [0.717, 1.165) is 0 Å². The Morgan fingerprint density at radius 3 is 2.78 bits per heavy atom. The number of carbonyl (C=O) groups excluding carboxylic acids is 1. The molecular weight excluding hydrogens is 256 g/mol. The Kier molecular flexibility index (Phi) is 5.77. The third kappa shape index (κ3) is 5.16. The van der Waals surface area contributed by atoms with Crippen LogP contribution in [0.2, 0.25) is 0 Å². The van der Waals surface area contributed by atoms with Crippen molar-refractivity contribution in [2.24, 2.45) is 0 Å². The number of amides is 1. The van der Waals surface area contributed by atoms with E-state index >= 15 is 0 Å². The lowest BCUT2D eigenvalue weighted by atomic mass is 10.2. The number of sulfone groups is 1. The van der Waals surface area contributed by atoms with Gasteiger partial charge in [0.2, 0.25) is 5.91 Å². The van der Waals surface area contributed by atoms with Crippen molar-refractivity contribution in [1.29, 1.82) is 0 Å². The first kappa shape index (κ1) is 15.1. The summed E-state index contributed by atoms with van der Waals surface area (Å²) in [6.45, 7) is 4.59. The molecule has 0 saturated carbocycles. The van der Waals surface area contributed by atoms with E-state index in [0.29, 0.717) is 19.5 Å². The van der Waals surface area contributed by atoms with Gasteiger partial charge in [-0.05, 0) is 6.42 Å². The lowest BCUT2D eigenvalue weighted by Gasteiger charge is -2.20. The van der Waals surface area contributed by atoms with Crippen LogP contribution in [0.15, 0.2) is 12.7 Å². The highest BCUT2D eigenvalue weighted by molar-refractivity contribution is 7.91. The molecule has 0 aliphatic carbocycles. The van der Waals surface area contributed by atoms with E-state index in [1.807, 2.05) is 0 Å². The third-order valence-electron chi connectivity index (χ3n) is 2.77. The summed E-state index contributed by atoms with van der Waals surface area (Å²) >= 11 is 0. The van der Waals surface area contributed by atoms with Gasteiger partial charge in [-0.15, -0.1) is 6.58 Å².